The zero-order valence-electron chi connectivity index (χ0n) is 11.4. The molecule has 2 heterocycles. The third-order valence-electron chi connectivity index (χ3n) is 3.90. The first kappa shape index (κ1) is 13.3. The van der Waals surface area contributed by atoms with E-state index < -0.39 is 0 Å². The van der Waals surface area contributed by atoms with Gasteiger partial charge in [0.05, 0.1) is 12.1 Å². The van der Waals surface area contributed by atoms with Gasteiger partial charge in [-0.1, -0.05) is 0 Å². The van der Waals surface area contributed by atoms with Crippen molar-refractivity contribution >= 4 is 11.8 Å². The minimum Gasteiger partial charge on any atom is -0.382 e. The molecule has 102 valence electrons. The minimum atomic E-state index is -0.356. The molecular formula is C13H22N2O3. The van der Waals surface area contributed by atoms with Crippen molar-refractivity contribution < 1.29 is 14.3 Å². The summed E-state index contributed by atoms with van der Waals surface area (Å²) < 4.78 is 5.19. The third kappa shape index (κ3) is 2.23. The Bertz CT molecular complexity index is 354. The molecule has 0 radical (unpaired) electrons. The van der Waals surface area contributed by atoms with Crippen molar-refractivity contribution in [3.05, 3.63) is 0 Å². The molecule has 0 saturated carbocycles. The molecule has 1 atom stereocenters. The first-order chi connectivity index (χ1) is 8.47. The molecule has 0 aromatic heterocycles. The number of amides is 2. The van der Waals surface area contributed by atoms with Crippen LogP contribution in [0, 0.1) is 0 Å². The molecule has 0 aliphatic carbocycles. The van der Waals surface area contributed by atoms with Crippen LogP contribution in [0.4, 0.5) is 0 Å². The van der Waals surface area contributed by atoms with Gasteiger partial charge >= 0.3 is 0 Å². The van der Waals surface area contributed by atoms with E-state index in [0.29, 0.717) is 19.6 Å². The average Bonchev–Trinajstić information content (AvgIpc) is 2.72. The molecule has 2 aliphatic heterocycles. The number of nitrogens with zero attached hydrogens (tertiary/aromatic N) is 2. The second-order valence-corrected chi connectivity index (χ2v) is 5.73. The highest BCUT2D eigenvalue weighted by molar-refractivity contribution is 5.91. The lowest BCUT2D eigenvalue weighted by molar-refractivity contribution is -0.143. The lowest BCUT2D eigenvalue weighted by Crippen LogP contribution is -2.54. The van der Waals surface area contributed by atoms with Crippen LogP contribution in [0.15, 0.2) is 0 Å². The van der Waals surface area contributed by atoms with Crippen molar-refractivity contribution in [2.75, 3.05) is 26.8 Å². The molecule has 0 spiro atoms. The first-order valence-electron chi connectivity index (χ1n) is 6.57. The van der Waals surface area contributed by atoms with Crippen molar-refractivity contribution in [1.29, 1.82) is 0 Å². The van der Waals surface area contributed by atoms with Gasteiger partial charge in [-0.3, -0.25) is 9.59 Å². The molecule has 0 bridgehead atoms. The highest BCUT2D eigenvalue weighted by Crippen LogP contribution is 2.27. The lowest BCUT2D eigenvalue weighted by Gasteiger charge is -2.38. The van der Waals surface area contributed by atoms with Crippen LogP contribution < -0.4 is 0 Å². The highest BCUT2D eigenvalue weighted by atomic mass is 16.5. The van der Waals surface area contributed by atoms with Crippen molar-refractivity contribution in [2.45, 2.75) is 44.7 Å². The summed E-state index contributed by atoms with van der Waals surface area (Å²) in [7, 11) is 1.64. The average molecular weight is 254 g/mol. The van der Waals surface area contributed by atoms with E-state index in [2.05, 4.69) is 0 Å². The van der Waals surface area contributed by atoms with Gasteiger partial charge in [-0.05, 0) is 26.7 Å². The molecule has 1 unspecified atom stereocenters. The Morgan fingerprint density at radius 1 is 1.33 bits per heavy atom. The van der Waals surface area contributed by atoms with Crippen LogP contribution in [0.1, 0.15) is 33.1 Å². The second kappa shape index (κ2) is 4.88. The van der Waals surface area contributed by atoms with E-state index in [0.717, 1.165) is 19.4 Å². The molecule has 18 heavy (non-hydrogen) atoms. The molecule has 5 heteroatoms. The topological polar surface area (TPSA) is 49.9 Å². The summed E-state index contributed by atoms with van der Waals surface area (Å²) in [5.41, 5.74) is -0.356. The predicted octanol–water partition coefficient (Wildman–Crippen LogP) is 0.635. The first-order valence-corrected chi connectivity index (χ1v) is 6.57. The number of ether oxygens (including phenoxy) is 1. The Morgan fingerprint density at radius 2 is 2.06 bits per heavy atom. The fourth-order valence-electron chi connectivity index (χ4n) is 3.00. The maximum atomic E-state index is 12.6. The molecule has 0 aromatic rings. The Kier molecular flexibility index (Phi) is 3.61. The summed E-state index contributed by atoms with van der Waals surface area (Å²) in [6, 6.07) is -0.240. The summed E-state index contributed by atoms with van der Waals surface area (Å²) in [5, 5.41) is 0. The zero-order valence-corrected chi connectivity index (χ0v) is 11.4. The molecule has 2 amide bonds. The van der Waals surface area contributed by atoms with Gasteiger partial charge in [-0.15, -0.1) is 0 Å². The molecular weight excluding hydrogens is 232 g/mol. The van der Waals surface area contributed by atoms with Gasteiger partial charge in [-0.25, -0.2) is 0 Å². The Labute approximate surface area is 108 Å². The number of rotatable bonds is 3. The van der Waals surface area contributed by atoms with E-state index in [-0.39, 0.29) is 23.4 Å². The molecule has 0 N–H and O–H groups in total. The maximum absolute atomic E-state index is 12.6. The number of hydrogen-bond acceptors (Lipinski definition) is 3. The zero-order chi connectivity index (χ0) is 13.3. The van der Waals surface area contributed by atoms with Crippen molar-refractivity contribution in [2.24, 2.45) is 0 Å². The van der Waals surface area contributed by atoms with E-state index >= 15 is 0 Å². The number of carbonyl (C=O) groups excluding carboxylic acids is 2. The smallest absolute Gasteiger partial charge is 0.245 e. The lowest BCUT2D eigenvalue weighted by atomic mass is 10.0. The normalized spacial score (nSPS) is 25.4. The van der Waals surface area contributed by atoms with Crippen molar-refractivity contribution in [1.82, 2.24) is 9.80 Å². The minimum absolute atomic E-state index is 0.0837. The third-order valence-corrected chi connectivity index (χ3v) is 3.90. The van der Waals surface area contributed by atoms with Crippen LogP contribution >= 0.6 is 0 Å². The van der Waals surface area contributed by atoms with E-state index in [1.54, 1.807) is 12.0 Å². The second-order valence-electron chi connectivity index (χ2n) is 5.73. The number of methoxy groups -OCH3 is 1. The van der Waals surface area contributed by atoms with E-state index in [9.17, 15) is 9.59 Å². The molecule has 2 aliphatic rings. The van der Waals surface area contributed by atoms with Gasteiger partial charge in [0, 0.05) is 26.6 Å². The SMILES string of the molecule is COCC(C)(C)N1CCC(=O)N2CCCC2C1=O. The fraction of sp³-hybridized carbons (Fsp3) is 0.846. The monoisotopic (exact) mass is 254 g/mol. The van der Waals surface area contributed by atoms with E-state index in [4.69, 9.17) is 4.74 Å². The Balaban J connectivity index is 2.22. The summed E-state index contributed by atoms with van der Waals surface area (Å²) in [4.78, 5) is 28.1. The fourth-order valence-corrected chi connectivity index (χ4v) is 3.00. The molecule has 2 fully saturated rings. The van der Waals surface area contributed by atoms with Crippen molar-refractivity contribution in [3.8, 4) is 0 Å². The summed E-state index contributed by atoms with van der Waals surface area (Å²) in [6.45, 7) is 5.70. The van der Waals surface area contributed by atoms with Gasteiger partial charge in [0.25, 0.3) is 0 Å². The Morgan fingerprint density at radius 3 is 2.72 bits per heavy atom. The van der Waals surface area contributed by atoms with Gasteiger partial charge in [0.1, 0.15) is 6.04 Å². The van der Waals surface area contributed by atoms with Crippen molar-refractivity contribution in [3.63, 3.8) is 0 Å². The van der Waals surface area contributed by atoms with Gasteiger partial charge in [0.15, 0.2) is 0 Å². The van der Waals surface area contributed by atoms with Gasteiger partial charge < -0.3 is 14.5 Å². The molecule has 0 aromatic carbocycles. The number of fused-ring (bicyclic) bond motifs is 1. The summed E-state index contributed by atoms with van der Waals surface area (Å²) in [5.74, 6) is 0.196. The molecule has 5 nitrogen and oxygen atoms in total. The molecule has 2 saturated heterocycles. The largest absolute Gasteiger partial charge is 0.382 e. The number of hydrogen-bond donors (Lipinski definition) is 0. The van der Waals surface area contributed by atoms with Crippen LogP contribution in [0.2, 0.25) is 0 Å². The standard InChI is InChI=1S/C13H22N2O3/c1-13(2,9-18-3)15-8-6-11(16)14-7-4-5-10(14)12(15)17/h10H,4-9H2,1-3H3. The molecule has 2 rings (SSSR count). The Hall–Kier alpha value is -1.10. The highest BCUT2D eigenvalue weighted by Gasteiger charge is 2.43. The summed E-state index contributed by atoms with van der Waals surface area (Å²) in [6.07, 6.45) is 2.15. The van der Waals surface area contributed by atoms with Crippen LogP contribution in [0.5, 0.6) is 0 Å². The van der Waals surface area contributed by atoms with Gasteiger partial charge in [0.2, 0.25) is 11.8 Å². The van der Waals surface area contributed by atoms with Gasteiger partial charge in [-0.2, -0.15) is 0 Å². The van der Waals surface area contributed by atoms with E-state index in [1.165, 1.54) is 0 Å². The quantitative estimate of drug-likeness (QED) is 0.742. The predicted molar refractivity (Wildman–Crippen MR) is 67.0 cm³/mol. The van der Waals surface area contributed by atoms with Crippen LogP contribution in [0.25, 0.3) is 0 Å². The van der Waals surface area contributed by atoms with Crippen LogP contribution in [0.3, 0.4) is 0 Å². The maximum Gasteiger partial charge on any atom is 0.245 e. The number of carbonyl (C=O) groups is 2. The van der Waals surface area contributed by atoms with Crippen LogP contribution in [-0.4, -0.2) is 60.0 Å². The van der Waals surface area contributed by atoms with Crippen LogP contribution in [-0.2, 0) is 14.3 Å². The van der Waals surface area contributed by atoms with E-state index in [1.807, 2.05) is 18.7 Å². The summed E-state index contributed by atoms with van der Waals surface area (Å²) >= 11 is 0.